The molecule has 1 aliphatic rings. The molecule has 1 atom stereocenters. The largest absolute Gasteiger partial charge is 0.344 e. The normalized spacial score (nSPS) is 14.7. The highest BCUT2D eigenvalue weighted by molar-refractivity contribution is 6.01. The summed E-state index contributed by atoms with van der Waals surface area (Å²) in [6, 6.07) is 9.21. The molecule has 40 heavy (non-hydrogen) atoms. The van der Waals surface area contributed by atoms with Crippen molar-refractivity contribution < 1.29 is 4.79 Å². The van der Waals surface area contributed by atoms with E-state index in [1.165, 1.54) is 6.42 Å². The number of pyridine rings is 1. The van der Waals surface area contributed by atoms with Gasteiger partial charge in [-0.15, -0.1) is 0 Å². The van der Waals surface area contributed by atoms with Crippen molar-refractivity contribution in [2.75, 3.05) is 0 Å². The maximum Gasteiger partial charge on any atom is 0.260 e. The number of aromatic nitrogens is 6. The third-order valence-corrected chi connectivity index (χ3v) is 7.69. The Morgan fingerprint density at radius 2 is 1.98 bits per heavy atom. The number of nitrogens with one attached hydrogen (secondary N) is 1. The van der Waals surface area contributed by atoms with Crippen molar-refractivity contribution in [2.45, 2.75) is 58.0 Å². The van der Waals surface area contributed by atoms with Gasteiger partial charge in [0.05, 0.1) is 28.9 Å². The number of rotatable bonds is 4. The van der Waals surface area contributed by atoms with Crippen molar-refractivity contribution >= 4 is 22.3 Å². The summed E-state index contributed by atoms with van der Waals surface area (Å²) in [7, 11) is 1.85. The maximum atomic E-state index is 14.3. The van der Waals surface area contributed by atoms with Crippen LogP contribution >= 0.6 is 0 Å². The number of amides is 1. The summed E-state index contributed by atoms with van der Waals surface area (Å²) < 4.78 is 5.23. The minimum Gasteiger partial charge on any atom is -0.344 e. The van der Waals surface area contributed by atoms with E-state index in [0.717, 1.165) is 42.3 Å². The third-order valence-electron chi connectivity index (χ3n) is 7.69. The number of carbonyl (C=O) groups is 1. The van der Waals surface area contributed by atoms with Gasteiger partial charge in [-0.25, -0.2) is 9.50 Å². The topological polar surface area (TPSA) is 99.1 Å². The summed E-state index contributed by atoms with van der Waals surface area (Å²) in [6.45, 7) is 3.73. The van der Waals surface area contributed by atoms with Crippen LogP contribution in [0.2, 0.25) is 0 Å². The molecule has 1 fully saturated rings. The monoisotopic (exact) mass is 533 g/mol. The van der Waals surface area contributed by atoms with Crippen LogP contribution in [0.15, 0.2) is 59.9 Å². The van der Waals surface area contributed by atoms with Crippen molar-refractivity contribution in [3.05, 3.63) is 93.6 Å². The second kappa shape index (κ2) is 10.5. The first-order valence-corrected chi connectivity index (χ1v) is 13.7. The fourth-order valence-corrected chi connectivity index (χ4v) is 5.78. The van der Waals surface area contributed by atoms with E-state index < -0.39 is 6.04 Å². The van der Waals surface area contributed by atoms with Crippen molar-refractivity contribution in [3.8, 4) is 11.8 Å². The zero-order valence-corrected chi connectivity index (χ0v) is 22.9. The van der Waals surface area contributed by atoms with E-state index >= 15 is 0 Å². The number of benzene rings is 1. The fourth-order valence-electron chi connectivity index (χ4n) is 5.78. The molecule has 1 aromatic carbocycles. The Morgan fingerprint density at radius 3 is 2.75 bits per heavy atom. The zero-order chi connectivity index (χ0) is 27.8. The predicted octanol–water partition coefficient (Wildman–Crippen LogP) is 4.48. The quantitative estimate of drug-likeness (QED) is 0.344. The van der Waals surface area contributed by atoms with E-state index in [9.17, 15) is 9.59 Å². The summed E-state index contributed by atoms with van der Waals surface area (Å²) in [5, 5.41) is 13.2. The molecular formula is C31H31N7O2. The molecule has 4 aromatic heterocycles. The highest BCUT2D eigenvalue weighted by Crippen LogP contribution is 2.31. The summed E-state index contributed by atoms with van der Waals surface area (Å²) in [6.07, 6.45) is 12.2. The first-order chi connectivity index (χ1) is 19.4. The fraction of sp³-hybridized carbons (Fsp3) is 0.323. The van der Waals surface area contributed by atoms with Crippen LogP contribution in [0.25, 0.3) is 16.4 Å². The molecule has 1 amide bonds. The SMILES string of the molecule is Cc1nn2cccnc2c1C(=O)N[C@@H](C)c1cc2cccc(C#Cc3cnn(C)c3)c2c(=O)n1C1CCCCC1. The molecule has 1 N–H and O–H groups in total. The lowest BCUT2D eigenvalue weighted by molar-refractivity contribution is 0.0938. The number of carbonyl (C=O) groups excluding carboxylic acids is 1. The molecule has 1 saturated carbocycles. The summed E-state index contributed by atoms with van der Waals surface area (Å²) in [5.74, 6) is 6.09. The number of fused-ring (bicyclic) bond motifs is 2. The van der Waals surface area contributed by atoms with Gasteiger partial charge in [-0.1, -0.05) is 43.2 Å². The first kappa shape index (κ1) is 25.6. The molecule has 0 unspecified atom stereocenters. The molecule has 0 bridgehead atoms. The average molecular weight is 534 g/mol. The second-order valence-corrected chi connectivity index (χ2v) is 10.5. The van der Waals surface area contributed by atoms with Gasteiger partial charge in [-0.2, -0.15) is 10.2 Å². The standard InChI is InChI=1S/C31H31N7O2/c1-20(34-30(39)27-21(2)35-37-16-8-15-32-29(27)37)26-17-24-10-7-9-23(14-13-22-18-33-36(3)19-22)28(24)31(40)38(26)25-11-5-4-6-12-25/h7-10,15-20,25H,4-6,11-12H2,1-3H3,(H,34,39)/t20-/m0/s1. The first-order valence-electron chi connectivity index (χ1n) is 13.7. The Labute approximate surface area is 231 Å². The minimum atomic E-state index is -0.422. The Morgan fingerprint density at radius 1 is 1.15 bits per heavy atom. The number of hydrogen-bond acceptors (Lipinski definition) is 5. The van der Waals surface area contributed by atoms with Crippen molar-refractivity contribution in [2.24, 2.45) is 7.05 Å². The highest BCUT2D eigenvalue weighted by atomic mass is 16.2. The third kappa shape index (κ3) is 4.66. The van der Waals surface area contributed by atoms with Crippen LogP contribution in [0, 0.1) is 18.8 Å². The molecule has 1 aliphatic carbocycles. The molecule has 4 heterocycles. The predicted molar refractivity (Wildman–Crippen MR) is 153 cm³/mol. The van der Waals surface area contributed by atoms with Gasteiger partial charge < -0.3 is 9.88 Å². The smallest absolute Gasteiger partial charge is 0.260 e. The van der Waals surface area contributed by atoms with Crippen LogP contribution < -0.4 is 10.9 Å². The molecule has 0 radical (unpaired) electrons. The minimum absolute atomic E-state index is 0.0644. The Kier molecular flexibility index (Phi) is 6.68. The molecule has 9 nitrogen and oxygen atoms in total. The van der Waals surface area contributed by atoms with E-state index in [1.54, 1.807) is 40.8 Å². The van der Waals surface area contributed by atoms with Gasteiger partial charge in [0.1, 0.15) is 5.56 Å². The molecular weight excluding hydrogens is 502 g/mol. The van der Waals surface area contributed by atoms with Crippen LogP contribution in [0.1, 0.15) is 84.0 Å². The molecule has 9 heteroatoms. The lowest BCUT2D eigenvalue weighted by Gasteiger charge is -2.29. The van der Waals surface area contributed by atoms with Crippen LogP contribution in [-0.2, 0) is 7.05 Å². The lowest BCUT2D eigenvalue weighted by atomic mass is 9.93. The molecule has 202 valence electrons. The van der Waals surface area contributed by atoms with E-state index in [-0.39, 0.29) is 17.5 Å². The van der Waals surface area contributed by atoms with Gasteiger partial charge in [-0.3, -0.25) is 14.3 Å². The molecule has 0 spiro atoms. The summed E-state index contributed by atoms with van der Waals surface area (Å²) >= 11 is 0. The second-order valence-electron chi connectivity index (χ2n) is 10.5. The maximum absolute atomic E-state index is 14.3. The van der Waals surface area contributed by atoms with Crippen LogP contribution in [0.3, 0.4) is 0 Å². The van der Waals surface area contributed by atoms with E-state index in [1.807, 2.05) is 49.0 Å². The number of nitrogens with zero attached hydrogens (tertiary/aromatic N) is 6. The zero-order valence-electron chi connectivity index (χ0n) is 22.9. The van der Waals surface area contributed by atoms with Gasteiger partial charge in [-0.05, 0) is 50.3 Å². The number of hydrogen-bond donors (Lipinski definition) is 1. The van der Waals surface area contributed by atoms with Crippen molar-refractivity contribution in [1.82, 2.24) is 34.3 Å². The Balaban J connectivity index is 1.44. The van der Waals surface area contributed by atoms with E-state index in [4.69, 9.17) is 0 Å². The van der Waals surface area contributed by atoms with Crippen LogP contribution in [-0.4, -0.2) is 34.9 Å². The van der Waals surface area contributed by atoms with Crippen molar-refractivity contribution in [3.63, 3.8) is 0 Å². The molecule has 0 aliphatic heterocycles. The average Bonchev–Trinajstić information content (AvgIpc) is 3.53. The van der Waals surface area contributed by atoms with Gasteiger partial charge in [0.25, 0.3) is 11.5 Å². The van der Waals surface area contributed by atoms with E-state index in [0.29, 0.717) is 27.9 Å². The van der Waals surface area contributed by atoms with Gasteiger partial charge >= 0.3 is 0 Å². The highest BCUT2D eigenvalue weighted by Gasteiger charge is 2.26. The molecule has 5 aromatic rings. The van der Waals surface area contributed by atoms with Crippen molar-refractivity contribution in [1.29, 1.82) is 0 Å². The van der Waals surface area contributed by atoms with E-state index in [2.05, 4.69) is 32.3 Å². The van der Waals surface area contributed by atoms with Crippen LogP contribution in [0.4, 0.5) is 0 Å². The molecule has 6 rings (SSSR count). The summed E-state index contributed by atoms with van der Waals surface area (Å²) in [5.41, 5.74) is 3.74. The Hall–Kier alpha value is -4.71. The van der Waals surface area contributed by atoms with Gasteiger partial charge in [0.15, 0.2) is 5.65 Å². The summed E-state index contributed by atoms with van der Waals surface area (Å²) in [4.78, 5) is 32.2. The van der Waals surface area contributed by atoms with Gasteiger partial charge in [0, 0.05) is 42.9 Å². The van der Waals surface area contributed by atoms with Gasteiger partial charge in [0.2, 0.25) is 0 Å². The lowest BCUT2D eigenvalue weighted by Crippen LogP contribution is -2.35. The molecule has 0 saturated heterocycles. The Bertz CT molecular complexity index is 1860. The van der Waals surface area contributed by atoms with Crippen LogP contribution in [0.5, 0.6) is 0 Å². The number of aryl methyl sites for hydroxylation is 2.